The van der Waals surface area contributed by atoms with Crippen molar-refractivity contribution in [3.05, 3.63) is 78.4 Å². The number of benzene rings is 3. The van der Waals surface area contributed by atoms with Crippen LogP contribution in [0.5, 0.6) is 0 Å². The minimum atomic E-state index is -3.89. The topological polar surface area (TPSA) is 83.6 Å². The summed E-state index contributed by atoms with van der Waals surface area (Å²) < 4.78 is 27.5. The first-order chi connectivity index (χ1) is 13.9. The Balaban J connectivity index is 1.67. The van der Waals surface area contributed by atoms with Gasteiger partial charge < -0.3 is 5.32 Å². The first-order valence-corrected chi connectivity index (χ1v) is 10.4. The highest BCUT2D eigenvalue weighted by Gasteiger charge is 2.35. The number of nitrogens with one attached hydrogen (secondary N) is 1. The molecule has 3 aromatic rings. The lowest BCUT2D eigenvalue weighted by Gasteiger charge is -2.31. The summed E-state index contributed by atoms with van der Waals surface area (Å²) in [5, 5.41) is 2.68. The summed E-state index contributed by atoms with van der Waals surface area (Å²) in [5.74, 6) is -0.617. The number of nitrogens with zero attached hydrogens (tertiary/aromatic N) is 1. The number of para-hydroxylation sites is 1. The van der Waals surface area contributed by atoms with Gasteiger partial charge in [0.15, 0.2) is 5.78 Å². The Labute approximate surface area is 168 Å². The Kier molecular flexibility index (Phi) is 4.68. The Morgan fingerprint density at radius 3 is 2.34 bits per heavy atom. The van der Waals surface area contributed by atoms with Gasteiger partial charge >= 0.3 is 0 Å². The number of Topliss-reactive ketones (excluding diaryl/α,β-unsaturated/α-hetero) is 1. The van der Waals surface area contributed by atoms with E-state index in [-0.39, 0.29) is 17.2 Å². The quantitative estimate of drug-likeness (QED) is 0.670. The fourth-order valence-electron chi connectivity index (χ4n) is 3.40. The molecule has 0 saturated carbocycles. The molecule has 0 saturated heterocycles. The third-order valence-corrected chi connectivity index (χ3v) is 6.58. The number of ketones is 1. The highest BCUT2D eigenvalue weighted by atomic mass is 32.2. The zero-order valence-corrected chi connectivity index (χ0v) is 16.4. The lowest BCUT2D eigenvalue weighted by atomic mass is 10.0. The molecule has 0 atom stereocenters. The molecule has 0 spiro atoms. The normalized spacial score (nSPS) is 13.9. The average Bonchev–Trinajstić information content (AvgIpc) is 2.71. The number of fused-ring (bicyclic) bond motifs is 3. The lowest BCUT2D eigenvalue weighted by Crippen LogP contribution is -2.40. The molecule has 7 heteroatoms. The summed E-state index contributed by atoms with van der Waals surface area (Å²) >= 11 is 0. The second-order valence-electron chi connectivity index (χ2n) is 6.71. The molecule has 0 aliphatic carbocycles. The standard InChI is InChI=1S/C22H18N2O4S/c1-15(25)16-7-6-8-17(13-16)23-22(26)14-24-20-11-4-2-9-18(20)19-10-3-5-12-21(19)29(24,27)28/h2-13H,14H2,1H3,(H,23,26). The number of carbonyl (C=O) groups excluding carboxylic acids is 2. The summed E-state index contributed by atoms with van der Waals surface area (Å²) in [5.41, 5.74) is 2.73. The summed E-state index contributed by atoms with van der Waals surface area (Å²) in [7, 11) is -3.89. The van der Waals surface area contributed by atoms with E-state index in [1.165, 1.54) is 6.92 Å². The van der Waals surface area contributed by atoms with Crippen LogP contribution in [0.15, 0.2) is 77.7 Å². The Morgan fingerprint density at radius 1 is 0.897 bits per heavy atom. The highest BCUT2D eigenvalue weighted by molar-refractivity contribution is 7.93. The van der Waals surface area contributed by atoms with Crippen LogP contribution in [0.3, 0.4) is 0 Å². The molecule has 1 aliphatic heterocycles. The van der Waals surface area contributed by atoms with Crippen molar-refractivity contribution in [1.82, 2.24) is 0 Å². The van der Waals surface area contributed by atoms with E-state index in [4.69, 9.17) is 0 Å². The molecule has 0 bridgehead atoms. The van der Waals surface area contributed by atoms with Crippen LogP contribution in [0, 0.1) is 0 Å². The van der Waals surface area contributed by atoms with Crippen molar-refractivity contribution in [2.24, 2.45) is 0 Å². The monoisotopic (exact) mass is 406 g/mol. The molecule has 0 aromatic heterocycles. The lowest BCUT2D eigenvalue weighted by molar-refractivity contribution is -0.114. The van der Waals surface area contributed by atoms with Gasteiger partial charge in [0, 0.05) is 22.4 Å². The van der Waals surface area contributed by atoms with Crippen molar-refractivity contribution in [2.45, 2.75) is 11.8 Å². The van der Waals surface area contributed by atoms with Crippen molar-refractivity contribution < 1.29 is 18.0 Å². The minimum absolute atomic E-state index is 0.120. The van der Waals surface area contributed by atoms with Crippen LogP contribution in [0.2, 0.25) is 0 Å². The van der Waals surface area contributed by atoms with Crippen molar-refractivity contribution in [1.29, 1.82) is 0 Å². The van der Waals surface area contributed by atoms with Crippen molar-refractivity contribution in [2.75, 3.05) is 16.2 Å². The average molecular weight is 406 g/mol. The molecule has 0 fully saturated rings. The molecule has 1 N–H and O–H groups in total. The van der Waals surface area contributed by atoms with Crippen LogP contribution in [0.25, 0.3) is 11.1 Å². The molecule has 1 heterocycles. The predicted octanol–water partition coefficient (Wildman–Crippen LogP) is 3.70. The van der Waals surface area contributed by atoms with Crippen LogP contribution in [-0.4, -0.2) is 26.7 Å². The number of hydrogen-bond acceptors (Lipinski definition) is 4. The summed E-state index contributed by atoms with van der Waals surface area (Å²) in [6.07, 6.45) is 0. The third kappa shape index (κ3) is 3.40. The van der Waals surface area contributed by atoms with Gasteiger partial charge in [0.05, 0.1) is 10.6 Å². The number of amides is 1. The maximum Gasteiger partial charge on any atom is 0.265 e. The molecule has 29 heavy (non-hydrogen) atoms. The number of hydrogen-bond donors (Lipinski definition) is 1. The van der Waals surface area contributed by atoms with Gasteiger partial charge in [0.2, 0.25) is 5.91 Å². The largest absolute Gasteiger partial charge is 0.324 e. The van der Waals surface area contributed by atoms with Gasteiger partial charge in [-0.2, -0.15) is 0 Å². The van der Waals surface area contributed by atoms with Gasteiger partial charge in [-0.05, 0) is 31.2 Å². The Morgan fingerprint density at radius 2 is 1.59 bits per heavy atom. The summed E-state index contributed by atoms with van der Waals surface area (Å²) in [6, 6.07) is 20.4. The SMILES string of the molecule is CC(=O)c1cccc(NC(=O)CN2c3ccccc3-c3ccccc3S2(=O)=O)c1. The second kappa shape index (κ2) is 7.18. The summed E-state index contributed by atoms with van der Waals surface area (Å²) in [6.45, 7) is 1.06. The van der Waals surface area contributed by atoms with E-state index in [1.54, 1.807) is 60.7 Å². The first-order valence-electron chi connectivity index (χ1n) is 9.00. The minimum Gasteiger partial charge on any atom is -0.324 e. The molecule has 0 unspecified atom stereocenters. The second-order valence-corrected chi connectivity index (χ2v) is 8.54. The molecule has 3 aromatic carbocycles. The fourth-order valence-corrected chi connectivity index (χ4v) is 5.05. The molecule has 0 radical (unpaired) electrons. The van der Waals surface area contributed by atoms with Gasteiger partial charge in [0.1, 0.15) is 6.54 Å². The number of sulfonamides is 1. The van der Waals surface area contributed by atoms with E-state index in [0.717, 1.165) is 9.87 Å². The Bertz CT molecular complexity index is 1230. The van der Waals surface area contributed by atoms with Crippen molar-refractivity contribution in [3.8, 4) is 11.1 Å². The molecule has 1 aliphatic rings. The van der Waals surface area contributed by atoms with E-state index < -0.39 is 15.9 Å². The molecule has 6 nitrogen and oxygen atoms in total. The van der Waals surface area contributed by atoms with E-state index >= 15 is 0 Å². The van der Waals surface area contributed by atoms with E-state index in [9.17, 15) is 18.0 Å². The fraction of sp³-hybridized carbons (Fsp3) is 0.0909. The third-order valence-electron chi connectivity index (χ3n) is 4.76. The first kappa shape index (κ1) is 18.9. The number of carbonyl (C=O) groups is 2. The molecule has 1 amide bonds. The maximum atomic E-state index is 13.2. The summed E-state index contributed by atoms with van der Waals surface area (Å²) in [4.78, 5) is 24.4. The van der Waals surface area contributed by atoms with Crippen LogP contribution >= 0.6 is 0 Å². The number of rotatable bonds is 4. The molecular formula is C22H18N2O4S. The van der Waals surface area contributed by atoms with Crippen LogP contribution in [0.4, 0.5) is 11.4 Å². The van der Waals surface area contributed by atoms with Crippen molar-refractivity contribution in [3.63, 3.8) is 0 Å². The van der Waals surface area contributed by atoms with Gasteiger partial charge in [-0.25, -0.2) is 8.42 Å². The maximum absolute atomic E-state index is 13.2. The van der Waals surface area contributed by atoms with Gasteiger partial charge in [-0.1, -0.05) is 48.5 Å². The zero-order valence-electron chi connectivity index (χ0n) is 15.6. The smallest absolute Gasteiger partial charge is 0.265 e. The van der Waals surface area contributed by atoms with E-state index in [2.05, 4.69) is 5.32 Å². The Hall–Kier alpha value is -3.45. The molecule has 146 valence electrons. The molecular weight excluding hydrogens is 388 g/mol. The molecule has 4 rings (SSSR count). The van der Waals surface area contributed by atoms with Gasteiger partial charge in [-0.15, -0.1) is 0 Å². The van der Waals surface area contributed by atoms with Gasteiger partial charge in [0.25, 0.3) is 10.0 Å². The predicted molar refractivity (Wildman–Crippen MR) is 111 cm³/mol. The van der Waals surface area contributed by atoms with Crippen LogP contribution in [-0.2, 0) is 14.8 Å². The zero-order chi connectivity index (χ0) is 20.6. The van der Waals surface area contributed by atoms with E-state index in [1.807, 2.05) is 12.1 Å². The highest BCUT2D eigenvalue weighted by Crippen LogP contribution is 2.42. The number of anilines is 2. The van der Waals surface area contributed by atoms with E-state index in [0.29, 0.717) is 22.5 Å². The van der Waals surface area contributed by atoms with Gasteiger partial charge in [-0.3, -0.25) is 13.9 Å². The van der Waals surface area contributed by atoms with Crippen LogP contribution in [0.1, 0.15) is 17.3 Å². The van der Waals surface area contributed by atoms with Crippen molar-refractivity contribution >= 4 is 33.1 Å². The van der Waals surface area contributed by atoms with Crippen LogP contribution < -0.4 is 9.62 Å².